The van der Waals surface area contributed by atoms with Gasteiger partial charge in [-0.1, -0.05) is 63.9 Å². The second-order valence-electron chi connectivity index (χ2n) is 7.39. The molecule has 134 valence electrons. The molecule has 0 aliphatic rings. The first-order valence-electron chi connectivity index (χ1n) is 8.76. The largest absolute Gasteiger partial charge is 0.469 e. The molecular weight excluding hydrogens is 312 g/mol. The lowest BCUT2D eigenvalue weighted by molar-refractivity contribution is -0.141. The minimum atomic E-state index is -0.676. The van der Waals surface area contributed by atoms with Crippen molar-refractivity contribution in [2.45, 2.75) is 52.4 Å². The lowest BCUT2D eigenvalue weighted by atomic mass is 9.66. The van der Waals surface area contributed by atoms with E-state index in [9.17, 15) is 15.3 Å². The third kappa shape index (κ3) is 6.24. The lowest BCUT2D eigenvalue weighted by Gasteiger charge is -2.36. The van der Waals surface area contributed by atoms with Crippen LogP contribution < -0.4 is 0 Å². The summed E-state index contributed by atoms with van der Waals surface area (Å²) in [6.07, 6.45) is 3.18. The Morgan fingerprint density at radius 2 is 1.80 bits per heavy atom. The van der Waals surface area contributed by atoms with E-state index in [0.29, 0.717) is 6.42 Å². The summed E-state index contributed by atoms with van der Waals surface area (Å²) in [5.74, 6) is -0.728. The van der Waals surface area contributed by atoms with Gasteiger partial charge in [-0.05, 0) is 23.3 Å². The third-order valence-electron chi connectivity index (χ3n) is 4.87. The van der Waals surface area contributed by atoms with Crippen molar-refractivity contribution in [3.63, 3.8) is 0 Å². The molecule has 1 aromatic rings. The number of hydrogen-bond acceptors (Lipinski definition) is 4. The highest BCUT2D eigenvalue weighted by Gasteiger charge is 2.37. The predicted molar refractivity (Wildman–Crippen MR) is 97.3 cm³/mol. The van der Waals surface area contributed by atoms with Crippen LogP contribution in [-0.2, 0) is 9.53 Å². The molecule has 1 aromatic carbocycles. The van der Waals surface area contributed by atoms with E-state index in [2.05, 4.69) is 26.0 Å². The number of ether oxygens (including phenoxy) is 1. The van der Waals surface area contributed by atoms with Crippen LogP contribution in [0, 0.1) is 39.9 Å². The minimum absolute atomic E-state index is 0.139. The fourth-order valence-electron chi connectivity index (χ4n) is 3.46. The molecule has 0 fully saturated rings. The first-order chi connectivity index (χ1) is 11.9. The topological polar surface area (TPSA) is 73.9 Å². The van der Waals surface area contributed by atoms with E-state index in [4.69, 9.17) is 4.74 Å². The van der Waals surface area contributed by atoms with Crippen LogP contribution in [0.15, 0.2) is 30.3 Å². The van der Waals surface area contributed by atoms with E-state index in [-0.39, 0.29) is 23.2 Å². The maximum absolute atomic E-state index is 11.3. The van der Waals surface area contributed by atoms with Crippen molar-refractivity contribution in [1.82, 2.24) is 0 Å². The molecule has 4 heteroatoms. The summed E-state index contributed by atoms with van der Waals surface area (Å²) in [5, 5.41) is 18.9. The second-order valence-corrected chi connectivity index (χ2v) is 7.39. The molecule has 1 rings (SSSR count). The number of esters is 1. The fourth-order valence-corrected chi connectivity index (χ4v) is 3.46. The summed E-state index contributed by atoms with van der Waals surface area (Å²) in [5.41, 5.74) is 0.839. The van der Waals surface area contributed by atoms with Crippen molar-refractivity contribution in [1.29, 1.82) is 10.5 Å². The molecule has 2 unspecified atom stereocenters. The van der Waals surface area contributed by atoms with E-state index >= 15 is 0 Å². The van der Waals surface area contributed by atoms with Gasteiger partial charge in [0.05, 0.1) is 19.2 Å². The van der Waals surface area contributed by atoms with Gasteiger partial charge in [0.1, 0.15) is 5.92 Å². The Morgan fingerprint density at radius 1 is 1.20 bits per heavy atom. The molecule has 0 spiro atoms. The van der Waals surface area contributed by atoms with Gasteiger partial charge in [-0.2, -0.15) is 10.5 Å². The monoisotopic (exact) mass is 340 g/mol. The molecule has 0 N–H and O–H groups in total. The van der Waals surface area contributed by atoms with Gasteiger partial charge in [-0.15, -0.1) is 0 Å². The quantitative estimate of drug-likeness (QED) is 0.603. The number of carbonyl (C=O) groups is 1. The van der Waals surface area contributed by atoms with Crippen molar-refractivity contribution in [2.75, 3.05) is 7.11 Å². The summed E-state index contributed by atoms with van der Waals surface area (Å²) in [7, 11) is 1.41. The standard InChI is InChI=1S/C21H28N2O2/c1-16(13-19(24)25-4)9-8-12-21(2,3)20(18(14-22)15-23)17-10-6-5-7-11-17/h5-7,10-11,16,18,20H,8-9,12-13H2,1-4H3. The van der Waals surface area contributed by atoms with Gasteiger partial charge in [0, 0.05) is 12.3 Å². The number of methoxy groups -OCH3 is 1. The Balaban J connectivity index is 2.82. The van der Waals surface area contributed by atoms with Crippen molar-refractivity contribution >= 4 is 5.97 Å². The zero-order chi connectivity index (χ0) is 18.9. The molecule has 0 saturated heterocycles. The summed E-state index contributed by atoms with van der Waals surface area (Å²) < 4.78 is 4.71. The highest BCUT2D eigenvalue weighted by molar-refractivity contribution is 5.69. The molecule has 0 aliphatic carbocycles. The lowest BCUT2D eigenvalue weighted by Crippen LogP contribution is -2.28. The summed E-state index contributed by atoms with van der Waals surface area (Å²) in [4.78, 5) is 11.3. The number of nitrogens with zero attached hydrogens (tertiary/aromatic N) is 2. The van der Waals surface area contributed by atoms with Crippen LogP contribution >= 0.6 is 0 Å². The average molecular weight is 340 g/mol. The van der Waals surface area contributed by atoms with E-state index in [1.54, 1.807) is 0 Å². The van der Waals surface area contributed by atoms with Crippen molar-refractivity contribution in [3.8, 4) is 12.1 Å². The molecule has 0 radical (unpaired) electrons. The maximum Gasteiger partial charge on any atom is 0.305 e. The number of benzene rings is 1. The van der Waals surface area contributed by atoms with Gasteiger partial charge in [0.2, 0.25) is 0 Å². The van der Waals surface area contributed by atoms with Crippen molar-refractivity contribution in [3.05, 3.63) is 35.9 Å². The first-order valence-corrected chi connectivity index (χ1v) is 8.76. The van der Waals surface area contributed by atoms with Crippen molar-refractivity contribution in [2.24, 2.45) is 17.3 Å². The first kappa shape index (κ1) is 20.7. The van der Waals surface area contributed by atoms with Crippen LogP contribution in [0.4, 0.5) is 0 Å². The maximum atomic E-state index is 11.3. The number of hydrogen-bond donors (Lipinski definition) is 0. The Morgan fingerprint density at radius 3 is 2.32 bits per heavy atom. The van der Waals surface area contributed by atoms with E-state index in [1.807, 2.05) is 37.3 Å². The third-order valence-corrected chi connectivity index (χ3v) is 4.87. The molecule has 0 aliphatic heterocycles. The highest BCUT2D eigenvalue weighted by Crippen LogP contribution is 2.44. The number of rotatable bonds is 9. The van der Waals surface area contributed by atoms with Crippen LogP contribution in [0.25, 0.3) is 0 Å². The highest BCUT2D eigenvalue weighted by atomic mass is 16.5. The second kappa shape index (κ2) is 9.84. The zero-order valence-corrected chi connectivity index (χ0v) is 15.7. The summed E-state index contributed by atoms with van der Waals surface area (Å²) >= 11 is 0. The molecular formula is C21H28N2O2. The van der Waals surface area contributed by atoms with Gasteiger partial charge >= 0.3 is 5.97 Å². The van der Waals surface area contributed by atoms with Gasteiger partial charge in [-0.25, -0.2) is 0 Å². The van der Waals surface area contributed by atoms with Gasteiger partial charge in [0.15, 0.2) is 0 Å². The Labute approximate surface area is 151 Å². The minimum Gasteiger partial charge on any atom is -0.469 e. The van der Waals surface area contributed by atoms with Crippen LogP contribution in [0.3, 0.4) is 0 Å². The van der Waals surface area contributed by atoms with Crippen LogP contribution in [-0.4, -0.2) is 13.1 Å². The van der Waals surface area contributed by atoms with Gasteiger partial charge in [0.25, 0.3) is 0 Å². The Bertz CT molecular complexity index is 612. The zero-order valence-electron chi connectivity index (χ0n) is 15.7. The molecule has 4 nitrogen and oxygen atoms in total. The normalized spacial score (nSPS) is 13.6. The summed E-state index contributed by atoms with van der Waals surface area (Å²) in [6.45, 7) is 6.29. The molecule has 0 heterocycles. The van der Waals surface area contributed by atoms with Crippen molar-refractivity contribution < 1.29 is 9.53 Å². The molecule has 0 aromatic heterocycles. The van der Waals surface area contributed by atoms with Gasteiger partial charge in [-0.3, -0.25) is 4.79 Å². The fraction of sp³-hybridized carbons (Fsp3) is 0.571. The SMILES string of the molecule is COC(=O)CC(C)CCCC(C)(C)C(c1ccccc1)C(C#N)C#N. The molecule has 25 heavy (non-hydrogen) atoms. The Kier molecular flexibility index (Phi) is 8.16. The number of carbonyl (C=O) groups excluding carboxylic acids is 1. The van der Waals surface area contributed by atoms with E-state index in [0.717, 1.165) is 24.8 Å². The Hall–Kier alpha value is -2.33. The smallest absolute Gasteiger partial charge is 0.305 e. The molecule has 0 saturated carbocycles. The predicted octanol–water partition coefficient (Wildman–Crippen LogP) is 4.83. The average Bonchev–Trinajstić information content (AvgIpc) is 2.59. The summed E-state index contributed by atoms with van der Waals surface area (Å²) in [6, 6.07) is 14.2. The van der Waals surface area contributed by atoms with Crippen LogP contribution in [0.5, 0.6) is 0 Å². The van der Waals surface area contributed by atoms with Crippen LogP contribution in [0.2, 0.25) is 0 Å². The van der Waals surface area contributed by atoms with E-state index < -0.39 is 5.92 Å². The number of nitriles is 2. The van der Waals surface area contributed by atoms with Crippen LogP contribution in [0.1, 0.15) is 57.9 Å². The molecule has 0 bridgehead atoms. The van der Waals surface area contributed by atoms with Gasteiger partial charge < -0.3 is 4.74 Å². The molecule has 0 amide bonds. The molecule has 2 atom stereocenters. The van der Waals surface area contributed by atoms with E-state index in [1.165, 1.54) is 7.11 Å².